The second-order valence-electron chi connectivity index (χ2n) is 8.30. The predicted molar refractivity (Wildman–Crippen MR) is 133 cm³/mol. The molecule has 0 bridgehead atoms. The van der Waals surface area contributed by atoms with E-state index in [4.69, 9.17) is 9.15 Å². The van der Waals surface area contributed by atoms with Gasteiger partial charge in [0.25, 0.3) is 5.91 Å². The van der Waals surface area contributed by atoms with Crippen molar-refractivity contribution in [3.63, 3.8) is 0 Å². The summed E-state index contributed by atoms with van der Waals surface area (Å²) in [5.41, 5.74) is 4.56. The molecule has 1 amide bonds. The summed E-state index contributed by atoms with van der Waals surface area (Å²) in [6.45, 7) is 5.37. The number of halogens is 1. The van der Waals surface area contributed by atoms with E-state index in [0.29, 0.717) is 25.3 Å². The van der Waals surface area contributed by atoms with Gasteiger partial charge in [-0.1, -0.05) is 40.2 Å². The fraction of sp³-hybridized carbons (Fsp3) is 0.269. The van der Waals surface area contributed by atoms with E-state index in [1.54, 1.807) is 7.11 Å². The molecule has 1 saturated heterocycles. The Bertz CT molecular complexity index is 1280. The van der Waals surface area contributed by atoms with Crippen LogP contribution in [0.25, 0.3) is 11.1 Å². The van der Waals surface area contributed by atoms with Gasteiger partial charge >= 0.3 is 0 Å². The topological polar surface area (TPSA) is 50.9 Å². The van der Waals surface area contributed by atoms with Gasteiger partial charge in [0.2, 0.25) is 0 Å². The van der Waals surface area contributed by atoms with Crippen LogP contribution >= 0.6 is 15.9 Å². The number of aromatic nitrogens is 1. The van der Waals surface area contributed by atoms with E-state index >= 15 is 0 Å². The lowest BCUT2D eigenvalue weighted by molar-refractivity contribution is 0.0736. The molecule has 0 saturated carbocycles. The van der Waals surface area contributed by atoms with Crippen molar-refractivity contribution in [2.75, 3.05) is 38.2 Å². The number of benzene rings is 2. The minimum atomic E-state index is 0.0378. The summed E-state index contributed by atoms with van der Waals surface area (Å²) in [5.74, 6) is 1.74. The van der Waals surface area contributed by atoms with Crippen molar-refractivity contribution in [1.29, 1.82) is 0 Å². The molecule has 170 valence electrons. The van der Waals surface area contributed by atoms with Gasteiger partial charge in [-0.05, 0) is 36.8 Å². The Labute approximate surface area is 201 Å². The van der Waals surface area contributed by atoms with Crippen LogP contribution in [0.2, 0.25) is 0 Å². The van der Waals surface area contributed by atoms with Gasteiger partial charge < -0.3 is 23.5 Å². The van der Waals surface area contributed by atoms with Crippen LogP contribution in [0.5, 0.6) is 5.75 Å². The molecule has 0 radical (unpaired) electrons. The van der Waals surface area contributed by atoms with E-state index in [9.17, 15) is 4.79 Å². The highest BCUT2D eigenvalue weighted by Gasteiger charge is 2.27. The monoisotopic (exact) mass is 507 g/mol. The smallest absolute Gasteiger partial charge is 0.270 e. The molecule has 1 fully saturated rings. The van der Waals surface area contributed by atoms with Crippen LogP contribution < -0.4 is 9.64 Å². The Kier molecular flexibility index (Phi) is 5.89. The standard InChI is InChI=1S/C26H26BrN3O3/c1-18-15-22-25(33-18)16-23(30(22)17-19-7-9-20(27)10-8-19)26(31)29-13-11-28(12-14-29)21-5-3-4-6-24(21)32-2/h3-10,15-16H,11-14,17H2,1-2H3. The molecule has 0 spiro atoms. The molecule has 0 aliphatic carbocycles. The molecular formula is C26H26BrN3O3. The maximum atomic E-state index is 13.6. The number of furan rings is 1. The van der Waals surface area contributed by atoms with Gasteiger partial charge in [-0.25, -0.2) is 0 Å². The number of piperazine rings is 1. The van der Waals surface area contributed by atoms with Crippen molar-refractivity contribution in [3.8, 4) is 5.75 Å². The summed E-state index contributed by atoms with van der Waals surface area (Å²) in [5, 5.41) is 0. The van der Waals surface area contributed by atoms with E-state index in [2.05, 4.69) is 43.6 Å². The molecular weight excluding hydrogens is 482 g/mol. The quantitative estimate of drug-likeness (QED) is 0.366. The van der Waals surface area contributed by atoms with Crippen molar-refractivity contribution in [2.24, 2.45) is 0 Å². The second-order valence-corrected chi connectivity index (χ2v) is 9.22. The van der Waals surface area contributed by atoms with E-state index in [-0.39, 0.29) is 5.91 Å². The number of rotatable bonds is 5. The van der Waals surface area contributed by atoms with E-state index in [1.807, 2.05) is 54.3 Å². The van der Waals surface area contributed by atoms with Gasteiger partial charge in [0, 0.05) is 49.3 Å². The molecule has 4 aromatic rings. The Balaban J connectivity index is 1.38. The fourth-order valence-corrected chi connectivity index (χ4v) is 4.75. The third-order valence-corrected chi connectivity index (χ3v) is 6.71. The summed E-state index contributed by atoms with van der Waals surface area (Å²) in [4.78, 5) is 17.8. The number of methoxy groups -OCH3 is 1. The summed E-state index contributed by atoms with van der Waals surface area (Å²) in [6, 6.07) is 20.1. The fourth-order valence-electron chi connectivity index (χ4n) is 4.49. The van der Waals surface area contributed by atoms with Crippen LogP contribution in [0.4, 0.5) is 5.69 Å². The first kappa shape index (κ1) is 21.6. The number of para-hydroxylation sites is 2. The van der Waals surface area contributed by atoms with Gasteiger partial charge in [0.05, 0.1) is 18.3 Å². The summed E-state index contributed by atoms with van der Waals surface area (Å²) in [7, 11) is 1.69. The van der Waals surface area contributed by atoms with Crippen molar-refractivity contribution >= 4 is 38.6 Å². The Hall–Kier alpha value is -3.19. The lowest BCUT2D eigenvalue weighted by Crippen LogP contribution is -2.49. The number of aryl methyl sites for hydroxylation is 1. The first-order valence-electron chi connectivity index (χ1n) is 11.0. The van der Waals surface area contributed by atoms with Gasteiger partial charge in [0.15, 0.2) is 5.58 Å². The molecule has 3 heterocycles. The highest BCUT2D eigenvalue weighted by atomic mass is 79.9. The minimum absolute atomic E-state index is 0.0378. The molecule has 0 N–H and O–H groups in total. The Morgan fingerprint density at radius 3 is 2.48 bits per heavy atom. The van der Waals surface area contributed by atoms with Crippen molar-refractivity contribution in [3.05, 3.63) is 82.2 Å². The molecule has 2 aromatic heterocycles. The summed E-state index contributed by atoms with van der Waals surface area (Å²) in [6.07, 6.45) is 0. The lowest BCUT2D eigenvalue weighted by atomic mass is 10.2. The van der Waals surface area contributed by atoms with Gasteiger partial charge in [-0.2, -0.15) is 0 Å². The average Bonchev–Trinajstić information content (AvgIpc) is 3.36. The number of carbonyl (C=O) groups is 1. The van der Waals surface area contributed by atoms with Crippen molar-refractivity contribution in [1.82, 2.24) is 9.47 Å². The zero-order valence-electron chi connectivity index (χ0n) is 18.8. The van der Waals surface area contributed by atoms with Crippen LogP contribution in [0.15, 0.2) is 69.6 Å². The number of hydrogen-bond donors (Lipinski definition) is 0. The number of ether oxygens (including phenoxy) is 1. The van der Waals surface area contributed by atoms with Crippen LogP contribution in [0, 0.1) is 6.92 Å². The highest BCUT2D eigenvalue weighted by molar-refractivity contribution is 9.10. The maximum absolute atomic E-state index is 13.6. The summed E-state index contributed by atoms with van der Waals surface area (Å²) < 4.78 is 14.5. The number of carbonyl (C=O) groups excluding carboxylic acids is 1. The predicted octanol–water partition coefficient (Wildman–Crippen LogP) is 5.32. The number of amides is 1. The van der Waals surface area contributed by atoms with E-state index in [0.717, 1.165) is 51.4 Å². The van der Waals surface area contributed by atoms with Crippen molar-refractivity contribution in [2.45, 2.75) is 13.5 Å². The normalized spacial score (nSPS) is 14.2. The van der Waals surface area contributed by atoms with Gasteiger partial charge in [0.1, 0.15) is 17.2 Å². The van der Waals surface area contributed by atoms with E-state index < -0.39 is 0 Å². The molecule has 5 rings (SSSR count). The molecule has 1 aliphatic heterocycles. The Morgan fingerprint density at radius 1 is 1.03 bits per heavy atom. The third kappa shape index (κ3) is 4.25. The third-order valence-electron chi connectivity index (χ3n) is 6.18. The molecule has 7 heteroatoms. The molecule has 2 aromatic carbocycles. The number of anilines is 1. The zero-order valence-corrected chi connectivity index (χ0v) is 20.3. The summed E-state index contributed by atoms with van der Waals surface area (Å²) >= 11 is 3.49. The van der Waals surface area contributed by atoms with Crippen molar-refractivity contribution < 1.29 is 13.9 Å². The highest BCUT2D eigenvalue weighted by Crippen LogP contribution is 2.30. The van der Waals surface area contributed by atoms with Crippen LogP contribution in [0.1, 0.15) is 21.8 Å². The lowest BCUT2D eigenvalue weighted by Gasteiger charge is -2.36. The number of hydrogen-bond acceptors (Lipinski definition) is 4. The zero-order chi connectivity index (χ0) is 22.9. The van der Waals surface area contributed by atoms with Gasteiger partial charge in [-0.15, -0.1) is 0 Å². The first-order valence-corrected chi connectivity index (χ1v) is 11.8. The molecule has 1 aliphatic rings. The second kappa shape index (κ2) is 8.98. The minimum Gasteiger partial charge on any atom is -0.495 e. The molecule has 6 nitrogen and oxygen atoms in total. The van der Waals surface area contributed by atoms with Crippen LogP contribution in [-0.2, 0) is 6.54 Å². The Morgan fingerprint density at radius 2 is 1.76 bits per heavy atom. The van der Waals surface area contributed by atoms with Crippen LogP contribution in [0.3, 0.4) is 0 Å². The average molecular weight is 508 g/mol. The molecule has 0 atom stereocenters. The SMILES string of the molecule is COc1ccccc1N1CCN(C(=O)c2cc3oc(C)cc3n2Cc2ccc(Br)cc2)CC1. The van der Waals surface area contributed by atoms with Crippen LogP contribution in [-0.4, -0.2) is 48.7 Å². The first-order chi connectivity index (χ1) is 16.0. The van der Waals surface area contributed by atoms with Gasteiger partial charge in [-0.3, -0.25) is 4.79 Å². The maximum Gasteiger partial charge on any atom is 0.270 e. The number of fused-ring (bicyclic) bond motifs is 1. The largest absolute Gasteiger partial charge is 0.495 e. The van der Waals surface area contributed by atoms with E-state index in [1.165, 1.54) is 0 Å². The molecule has 0 unspecified atom stereocenters. The number of nitrogens with zero attached hydrogens (tertiary/aromatic N) is 3. The molecule has 33 heavy (non-hydrogen) atoms.